The van der Waals surface area contributed by atoms with Gasteiger partial charge in [0.05, 0.1) is 11.1 Å². The van der Waals surface area contributed by atoms with Crippen molar-refractivity contribution < 1.29 is 5.11 Å². The van der Waals surface area contributed by atoms with Gasteiger partial charge < -0.3 is 5.11 Å². The van der Waals surface area contributed by atoms with E-state index >= 15 is 0 Å². The van der Waals surface area contributed by atoms with Gasteiger partial charge in [-0.05, 0) is 24.1 Å². The lowest BCUT2D eigenvalue weighted by Crippen LogP contribution is -2.04. The van der Waals surface area contributed by atoms with Gasteiger partial charge in [-0.2, -0.15) is 0 Å². The van der Waals surface area contributed by atoms with Gasteiger partial charge in [0.25, 0.3) is 0 Å². The Hall–Kier alpha value is -1.38. The number of halogens is 1. The smallest absolute Gasteiger partial charge is 0.0845 e. The number of nitrogens with zero attached hydrogens (tertiary/aromatic N) is 1. The minimum absolute atomic E-state index is 0.508. The van der Waals surface area contributed by atoms with Gasteiger partial charge in [0.1, 0.15) is 0 Å². The zero-order chi connectivity index (χ0) is 12.3. The Morgan fingerprint density at radius 3 is 2.76 bits per heavy atom. The molecule has 88 valence electrons. The maximum absolute atomic E-state index is 10.2. The molecule has 0 spiro atoms. The summed E-state index contributed by atoms with van der Waals surface area (Å²) in [6, 6.07) is 9.78. The monoisotopic (exact) mass is 247 g/mol. The maximum Gasteiger partial charge on any atom is 0.0845 e. The Morgan fingerprint density at radius 1 is 1.29 bits per heavy atom. The van der Waals surface area contributed by atoms with Gasteiger partial charge in [-0.3, -0.25) is 4.98 Å². The molecule has 2 rings (SSSR count). The van der Waals surface area contributed by atoms with Crippen LogP contribution in [0.5, 0.6) is 0 Å². The first kappa shape index (κ1) is 12.1. The topological polar surface area (TPSA) is 33.1 Å². The molecule has 0 aliphatic heterocycles. The molecule has 2 aromatic rings. The first-order valence-electron chi connectivity index (χ1n) is 5.50. The molecule has 2 nitrogen and oxygen atoms in total. The van der Waals surface area contributed by atoms with Crippen molar-refractivity contribution in [3.05, 3.63) is 64.4 Å². The van der Waals surface area contributed by atoms with Crippen LogP contribution in [0.1, 0.15) is 22.8 Å². The molecule has 17 heavy (non-hydrogen) atoms. The largest absolute Gasteiger partial charge is 0.388 e. The van der Waals surface area contributed by atoms with E-state index in [4.69, 9.17) is 11.6 Å². The summed E-state index contributed by atoms with van der Waals surface area (Å²) >= 11 is 6.00. The summed E-state index contributed by atoms with van der Waals surface area (Å²) in [5.41, 5.74) is 3.04. The van der Waals surface area contributed by atoms with Gasteiger partial charge in [-0.25, -0.2) is 0 Å². The van der Waals surface area contributed by atoms with Crippen LogP contribution in [0.4, 0.5) is 0 Å². The first-order valence-corrected chi connectivity index (χ1v) is 5.88. The molecule has 0 saturated carbocycles. The summed E-state index contributed by atoms with van der Waals surface area (Å²) in [7, 11) is 0. The molecule has 1 atom stereocenters. The second-order valence-electron chi connectivity index (χ2n) is 4.04. The first-order chi connectivity index (χ1) is 8.18. The normalized spacial score (nSPS) is 12.4. The van der Waals surface area contributed by atoms with Gasteiger partial charge in [-0.1, -0.05) is 35.9 Å². The quantitative estimate of drug-likeness (QED) is 0.903. The summed E-state index contributed by atoms with van der Waals surface area (Å²) in [6.07, 6.45) is 3.17. The van der Waals surface area contributed by atoms with Crippen LogP contribution < -0.4 is 0 Å². The van der Waals surface area contributed by atoms with Gasteiger partial charge in [0, 0.05) is 24.4 Å². The standard InChI is InChI=1S/C14H14ClNO/c1-10-4-2-3-5-11(10)8-14(17)12-6-7-16-9-13(12)15/h2-7,9,14,17H,8H2,1H3. The van der Waals surface area contributed by atoms with Gasteiger partial charge in [0.2, 0.25) is 0 Å². The predicted molar refractivity (Wildman–Crippen MR) is 69.1 cm³/mol. The number of aliphatic hydroxyl groups is 1. The van der Waals surface area contributed by atoms with Crippen molar-refractivity contribution in [1.82, 2.24) is 4.98 Å². The Morgan fingerprint density at radius 2 is 2.06 bits per heavy atom. The molecule has 1 aromatic heterocycles. The van der Waals surface area contributed by atoms with Crippen LogP contribution in [0, 0.1) is 6.92 Å². The van der Waals surface area contributed by atoms with Crippen molar-refractivity contribution in [3.8, 4) is 0 Å². The predicted octanol–water partition coefficient (Wildman–Crippen LogP) is 3.32. The Labute approximate surface area is 106 Å². The number of benzene rings is 1. The van der Waals surface area contributed by atoms with Crippen LogP contribution in [0.3, 0.4) is 0 Å². The highest BCUT2D eigenvalue weighted by molar-refractivity contribution is 6.31. The summed E-state index contributed by atoms with van der Waals surface area (Å²) in [5, 5.41) is 10.7. The van der Waals surface area contributed by atoms with E-state index in [1.54, 1.807) is 18.5 Å². The van der Waals surface area contributed by atoms with Crippen molar-refractivity contribution in [2.45, 2.75) is 19.4 Å². The van der Waals surface area contributed by atoms with Crippen molar-refractivity contribution in [2.75, 3.05) is 0 Å². The molecule has 0 radical (unpaired) electrons. The van der Waals surface area contributed by atoms with E-state index < -0.39 is 6.10 Å². The van der Waals surface area contributed by atoms with E-state index in [1.165, 1.54) is 5.56 Å². The number of hydrogen-bond donors (Lipinski definition) is 1. The van der Waals surface area contributed by atoms with Crippen molar-refractivity contribution >= 4 is 11.6 Å². The summed E-state index contributed by atoms with van der Waals surface area (Å²) in [4.78, 5) is 3.91. The summed E-state index contributed by atoms with van der Waals surface area (Å²) in [5.74, 6) is 0. The van der Waals surface area contributed by atoms with E-state index in [-0.39, 0.29) is 0 Å². The van der Waals surface area contributed by atoms with Crippen LogP contribution in [0.2, 0.25) is 5.02 Å². The minimum Gasteiger partial charge on any atom is -0.388 e. The van der Waals surface area contributed by atoms with Gasteiger partial charge in [0.15, 0.2) is 0 Å². The Kier molecular flexibility index (Phi) is 3.77. The summed E-state index contributed by atoms with van der Waals surface area (Å²) < 4.78 is 0. The molecule has 0 fully saturated rings. The van der Waals surface area contributed by atoms with Crippen LogP contribution in [0.25, 0.3) is 0 Å². The SMILES string of the molecule is Cc1ccccc1CC(O)c1ccncc1Cl. The van der Waals surface area contributed by atoms with E-state index in [1.807, 2.05) is 31.2 Å². The molecule has 1 N–H and O–H groups in total. The Balaban J connectivity index is 2.20. The fraction of sp³-hybridized carbons (Fsp3) is 0.214. The van der Waals surface area contributed by atoms with Crippen LogP contribution in [-0.4, -0.2) is 10.1 Å². The molecular formula is C14H14ClNO. The zero-order valence-electron chi connectivity index (χ0n) is 9.60. The van der Waals surface area contributed by atoms with E-state index in [9.17, 15) is 5.11 Å². The molecule has 0 bridgehead atoms. The molecule has 0 aliphatic carbocycles. The lowest BCUT2D eigenvalue weighted by Gasteiger charge is -2.13. The van der Waals surface area contributed by atoms with Crippen molar-refractivity contribution in [3.63, 3.8) is 0 Å². The minimum atomic E-state index is -0.591. The highest BCUT2D eigenvalue weighted by atomic mass is 35.5. The molecule has 0 saturated heterocycles. The van der Waals surface area contributed by atoms with Gasteiger partial charge >= 0.3 is 0 Å². The highest BCUT2D eigenvalue weighted by Crippen LogP contribution is 2.25. The van der Waals surface area contributed by atoms with Crippen molar-refractivity contribution in [1.29, 1.82) is 0 Å². The number of rotatable bonds is 3. The highest BCUT2D eigenvalue weighted by Gasteiger charge is 2.12. The fourth-order valence-electron chi connectivity index (χ4n) is 1.81. The number of pyridine rings is 1. The molecule has 1 unspecified atom stereocenters. The maximum atomic E-state index is 10.2. The average Bonchev–Trinajstić information content (AvgIpc) is 2.32. The second-order valence-corrected chi connectivity index (χ2v) is 4.45. The lowest BCUT2D eigenvalue weighted by molar-refractivity contribution is 0.178. The van der Waals surface area contributed by atoms with Crippen molar-refractivity contribution in [2.24, 2.45) is 0 Å². The third-order valence-electron chi connectivity index (χ3n) is 2.84. The lowest BCUT2D eigenvalue weighted by atomic mass is 9.99. The molecular weight excluding hydrogens is 234 g/mol. The molecule has 3 heteroatoms. The number of aryl methyl sites for hydroxylation is 1. The molecule has 1 aromatic carbocycles. The second kappa shape index (κ2) is 5.30. The van der Waals surface area contributed by atoms with Gasteiger partial charge in [-0.15, -0.1) is 0 Å². The Bertz CT molecular complexity index is 513. The molecule has 0 aliphatic rings. The van der Waals surface area contributed by atoms with Crippen LogP contribution in [0.15, 0.2) is 42.7 Å². The van der Waals surface area contributed by atoms with Crippen LogP contribution in [-0.2, 0) is 6.42 Å². The zero-order valence-corrected chi connectivity index (χ0v) is 10.4. The number of hydrogen-bond acceptors (Lipinski definition) is 2. The van der Waals surface area contributed by atoms with Crippen LogP contribution >= 0.6 is 11.6 Å². The fourth-order valence-corrected chi connectivity index (χ4v) is 2.06. The third-order valence-corrected chi connectivity index (χ3v) is 3.15. The number of aromatic nitrogens is 1. The third kappa shape index (κ3) is 2.84. The average molecular weight is 248 g/mol. The van der Waals surface area contributed by atoms with E-state index in [0.717, 1.165) is 11.1 Å². The molecule has 0 amide bonds. The van der Waals surface area contributed by atoms with E-state index in [0.29, 0.717) is 11.4 Å². The molecule has 1 heterocycles. The number of aliphatic hydroxyl groups excluding tert-OH is 1. The van der Waals surface area contributed by atoms with E-state index in [2.05, 4.69) is 4.98 Å². The summed E-state index contributed by atoms with van der Waals surface area (Å²) in [6.45, 7) is 2.04.